The molecule has 1 saturated heterocycles. The lowest BCUT2D eigenvalue weighted by Gasteiger charge is -2.33. The summed E-state index contributed by atoms with van der Waals surface area (Å²) in [6.07, 6.45) is 0.518. The number of nitrogens with zero attached hydrogens (tertiary/aromatic N) is 1. The maximum atomic E-state index is 11.6. The molecule has 1 atom stereocenters. The summed E-state index contributed by atoms with van der Waals surface area (Å²) in [5, 5.41) is 0.714. The van der Waals surface area contributed by atoms with Gasteiger partial charge in [-0.3, -0.25) is 4.79 Å². The molecule has 4 heteroatoms. The molecule has 1 aliphatic rings. The smallest absolute Gasteiger partial charge is 0.222 e. The van der Waals surface area contributed by atoms with Gasteiger partial charge in [-0.05, 0) is 17.7 Å². The SMILES string of the molecule is CCC(=O)N1CCOC(c2ccc(Cl)cc2)C1. The van der Waals surface area contributed by atoms with Crippen LogP contribution in [0.5, 0.6) is 0 Å². The molecule has 1 aromatic rings. The number of hydrogen-bond acceptors (Lipinski definition) is 2. The predicted octanol–water partition coefficient (Wildman–Crippen LogP) is 2.65. The van der Waals surface area contributed by atoms with Gasteiger partial charge in [-0.2, -0.15) is 0 Å². The summed E-state index contributed by atoms with van der Waals surface area (Å²) >= 11 is 5.85. The normalized spacial score (nSPS) is 20.4. The molecule has 1 aromatic carbocycles. The predicted molar refractivity (Wildman–Crippen MR) is 67.0 cm³/mol. The number of ether oxygens (including phenoxy) is 1. The van der Waals surface area contributed by atoms with Crippen molar-refractivity contribution in [3.63, 3.8) is 0 Å². The molecule has 17 heavy (non-hydrogen) atoms. The van der Waals surface area contributed by atoms with Crippen molar-refractivity contribution in [2.45, 2.75) is 19.4 Å². The molecule has 92 valence electrons. The van der Waals surface area contributed by atoms with Crippen LogP contribution in [-0.2, 0) is 9.53 Å². The van der Waals surface area contributed by atoms with Crippen LogP contribution in [0.2, 0.25) is 5.02 Å². The summed E-state index contributed by atoms with van der Waals surface area (Å²) in [6, 6.07) is 7.60. The lowest BCUT2D eigenvalue weighted by molar-refractivity contribution is -0.138. The van der Waals surface area contributed by atoms with Crippen molar-refractivity contribution in [1.82, 2.24) is 4.90 Å². The molecule has 2 rings (SSSR count). The van der Waals surface area contributed by atoms with Crippen molar-refractivity contribution < 1.29 is 9.53 Å². The van der Waals surface area contributed by atoms with Crippen LogP contribution >= 0.6 is 11.6 Å². The van der Waals surface area contributed by atoms with E-state index in [1.54, 1.807) is 0 Å². The molecule has 1 heterocycles. The Labute approximate surface area is 106 Å². The molecule has 1 fully saturated rings. The number of carbonyl (C=O) groups is 1. The second-order valence-corrected chi connectivity index (χ2v) is 4.54. The summed E-state index contributed by atoms with van der Waals surface area (Å²) in [4.78, 5) is 13.5. The van der Waals surface area contributed by atoms with Crippen LogP contribution in [0, 0.1) is 0 Å². The Balaban J connectivity index is 2.06. The molecular formula is C13H16ClNO2. The van der Waals surface area contributed by atoms with E-state index in [0.29, 0.717) is 31.1 Å². The molecule has 0 aliphatic carbocycles. The molecule has 1 amide bonds. The van der Waals surface area contributed by atoms with E-state index in [4.69, 9.17) is 16.3 Å². The second kappa shape index (κ2) is 5.52. The van der Waals surface area contributed by atoms with Gasteiger partial charge in [0.2, 0.25) is 5.91 Å². The standard InChI is InChI=1S/C13H16ClNO2/c1-2-13(16)15-7-8-17-12(9-15)10-3-5-11(14)6-4-10/h3-6,12H,2,7-9H2,1H3. The van der Waals surface area contributed by atoms with E-state index < -0.39 is 0 Å². The summed E-state index contributed by atoms with van der Waals surface area (Å²) < 4.78 is 5.69. The van der Waals surface area contributed by atoms with E-state index in [1.807, 2.05) is 36.1 Å². The van der Waals surface area contributed by atoms with Gasteiger partial charge in [-0.1, -0.05) is 30.7 Å². The number of morpholine rings is 1. The van der Waals surface area contributed by atoms with Crippen molar-refractivity contribution in [3.05, 3.63) is 34.9 Å². The Kier molecular flexibility index (Phi) is 4.02. The fourth-order valence-electron chi connectivity index (χ4n) is 1.98. The first-order valence-electron chi connectivity index (χ1n) is 5.85. The lowest BCUT2D eigenvalue weighted by atomic mass is 10.1. The van der Waals surface area contributed by atoms with Gasteiger partial charge in [0.05, 0.1) is 13.2 Å². The largest absolute Gasteiger partial charge is 0.370 e. The van der Waals surface area contributed by atoms with Gasteiger partial charge in [0.1, 0.15) is 6.10 Å². The van der Waals surface area contributed by atoms with E-state index in [0.717, 1.165) is 5.56 Å². The average Bonchev–Trinajstić information content (AvgIpc) is 2.39. The summed E-state index contributed by atoms with van der Waals surface area (Å²) in [5.74, 6) is 0.187. The van der Waals surface area contributed by atoms with Gasteiger partial charge < -0.3 is 9.64 Å². The Morgan fingerprint density at radius 2 is 2.18 bits per heavy atom. The second-order valence-electron chi connectivity index (χ2n) is 4.10. The number of rotatable bonds is 2. The lowest BCUT2D eigenvalue weighted by Crippen LogP contribution is -2.41. The third-order valence-corrected chi connectivity index (χ3v) is 3.22. The molecule has 0 N–H and O–H groups in total. The third kappa shape index (κ3) is 2.99. The van der Waals surface area contributed by atoms with E-state index in [-0.39, 0.29) is 12.0 Å². The Hall–Kier alpha value is -1.06. The van der Waals surface area contributed by atoms with Crippen LogP contribution in [0.25, 0.3) is 0 Å². The van der Waals surface area contributed by atoms with E-state index in [9.17, 15) is 4.79 Å². The van der Waals surface area contributed by atoms with Gasteiger partial charge in [0.15, 0.2) is 0 Å². The molecule has 0 saturated carbocycles. The van der Waals surface area contributed by atoms with Gasteiger partial charge in [0.25, 0.3) is 0 Å². The molecular weight excluding hydrogens is 238 g/mol. The van der Waals surface area contributed by atoms with Crippen LogP contribution in [0.1, 0.15) is 25.0 Å². The van der Waals surface area contributed by atoms with Crippen LogP contribution in [0.3, 0.4) is 0 Å². The first kappa shape index (κ1) is 12.4. The summed E-state index contributed by atoms with van der Waals surface area (Å²) in [5.41, 5.74) is 1.07. The minimum absolute atomic E-state index is 0.0310. The Bertz CT molecular complexity index is 391. The zero-order valence-corrected chi connectivity index (χ0v) is 10.6. The highest BCUT2D eigenvalue weighted by Crippen LogP contribution is 2.23. The molecule has 0 spiro atoms. The number of benzene rings is 1. The zero-order chi connectivity index (χ0) is 12.3. The summed E-state index contributed by atoms with van der Waals surface area (Å²) in [6.45, 7) is 3.80. The van der Waals surface area contributed by atoms with Crippen LogP contribution in [0.15, 0.2) is 24.3 Å². The fourth-order valence-corrected chi connectivity index (χ4v) is 2.10. The number of amides is 1. The number of hydrogen-bond donors (Lipinski definition) is 0. The quantitative estimate of drug-likeness (QED) is 0.811. The Morgan fingerprint density at radius 3 is 2.82 bits per heavy atom. The van der Waals surface area contributed by atoms with E-state index in [1.165, 1.54) is 0 Å². The van der Waals surface area contributed by atoms with Crippen LogP contribution in [0.4, 0.5) is 0 Å². The number of halogens is 1. The summed E-state index contributed by atoms with van der Waals surface area (Å²) in [7, 11) is 0. The van der Waals surface area contributed by atoms with Gasteiger partial charge in [-0.15, -0.1) is 0 Å². The average molecular weight is 254 g/mol. The highest BCUT2D eigenvalue weighted by molar-refractivity contribution is 6.30. The van der Waals surface area contributed by atoms with Gasteiger partial charge in [-0.25, -0.2) is 0 Å². The number of carbonyl (C=O) groups excluding carboxylic acids is 1. The van der Waals surface area contributed by atoms with Crippen molar-refractivity contribution in [2.75, 3.05) is 19.7 Å². The molecule has 0 bridgehead atoms. The van der Waals surface area contributed by atoms with Crippen molar-refractivity contribution in [3.8, 4) is 0 Å². The van der Waals surface area contributed by atoms with Gasteiger partial charge in [0, 0.05) is 18.0 Å². The highest BCUT2D eigenvalue weighted by Gasteiger charge is 2.24. The fraction of sp³-hybridized carbons (Fsp3) is 0.462. The van der Waals surface area contributed by atoms with E-state index >= 15 is 0 Å². The molecule has 1 aliphatic heterocycles. The van der Waals surface area contributed by atoms with Gasteiger partial charge >= 0.3 is 0 Å². The Morgan fingerprint density at radius 1 is 1.47 bits per heavy atom. The molecule has 3 nitrogen and oxygen atoms in total. The van der Waals surface area contributed by atoms with Crippen molar-refractivity contribution >= 4 is 17.5 Å². The van der Waals surface area contributed by atoms with E-state index in [2.05, 4.69) is 0 Å². The molecule has 0 radical (unpaired) electrons. The maximum absolute atomic E-state index is 11.6. The van der Waals surface area contributed by atoms with Crippen molar-refractivity contribution in [2.24, 2.45) is 0 Å². The minimum Gasteiger partial charge on any atom is -0.370 e. The first-order chi connectivity index (χ1) is 8.20. The monoisotopic (exact) mass is 253 g/mol. The molecule has 0 aromatic heterocycles. The van der Waals surface area contributed by atoms with Crippen molar-refractivity contribution in [1.29, 1.82) is 0 Å². The maximum Gasteiger partial charge on any atom is 0.222 e. The highest BCUT2D eigenvalue weighted by atomic mass is 35.5. The zero-order valence-electron chi connectivity index (χ0n) is 9.86. The first-order valence-corrected chi connectivity index (χ1v) is 6.23. The third-order valence-electron chi connectivity index (χ3n) is 2.96. The van der Waals surface area contributed by atoms with Crippen LogP contribution < -0.4 is 0 Å². The molecule has 1 unspecified atom stereocenters. The topological polar surface area (TPSA) is 29.5 Å². The van der Waals surface area contributed by atoms with Crippen LogP contribution in [-0.4, -0.2) is 30.5 Å². The minimum atomic E-state index is -0.0310.